The van der Waals surface area contributed by atoms with E-state index in [-0.39, 0.29) is 23.7 Å². The van der Waals surface area contributed by atoms with Gasteiger partial charge in [0.25, 0.3) is 5.56 Å². The second kappa shape index (κ2) is 10.7. The molecule has 4 bridgehead atoms. The molecule has 4 aliphatic heterocycles. The average Bonchev–Trinajstić information content (AvgIpc) is 3.79. The van der Waals surface area contributed by atoms with Gasteiger partial charge in [0.2, 0.25) is 5.95 Å². The first-order valence-corrected chi connectivity index (χ1v) is 18.8. The number of ether oxygens (including phenoxy) is 3. The highest BCUT2D eigenvalue weighted by atomic mass is 32.5. The fourth-order valence-corrected chi connectivity index (χ4v) is 8.89. The van der Waals surface area contributed by atoms with Crippen molar-refractivity contribution >= 4 is 71.0 Å². The van der Waals surface area contributed by atoms with E-state index in [1.54, 1.807) is 6.07 Å². The highest BCUT2D eigenvalue weighted by molar-refractivity contribution is 8.07. The monoisotopic (exact) mass is 737 g/mol. The van der Waals surface area contributed by atoms with E-state index in [0.717, 1.165) is 10.9 Å². The summed E-state index contributed by atoms with van der Waals surface area (Å²) in [4.78, 5) is 53.4. The fraction of sp³-hybridized carbons (Fsp3) is 0.500. The van der Waals surface area contributed by atoms with Crippen molar-refractivity contribution in [3.63, 3.8) is 0 Å². The molecule has 4 saturated heterocycles. The number of nitrogens with one attached hydrogen (secondary N) is 1. The van der Waals surface area contributed by atoms with Gasteiger partial charge >= 0.3 is 19.4 Å². The molecule has 25 heteroatoms. The minimum Gasteiger partial charge on any atom is -0.397 e. The van der Waals surface area contributed by atoms with Crippen molar-refractivity contribution in [2.24, 2.45) is 0 Å². The van der Waals surface area contributed by atoms with Crippen LogP contribution >= 0.6 is 13.4 Å². The van der Waals surface area contributed by atoms with Crippen LogP contribution in [0.2, 0.25) is 0 Å². The zero-order valence-corrected chi connectivity index (χ0v) is 26.8. The lowest BCUT2D eigenvalue weighted by atomic mass is 10.0. The molecule has 8 rings (SSSR count). The van der Waals surface area contributed by atoms with Gasteiger partial charge in [-0.05, 0) is 29.7 Å². The summed E-state index contributed by atoms with van der Waals surface area (Å²) in [6, 6.07) is 1.57. The summed E-state index contributed by atoms with van der Waals surface area (Å²) < 4.78 is 74.8. The number of H-pyrrole nitrogens is 1. The number of hydrogen-bond donors (Lipinski definition) is 5. The van der Waals surface area contributed by atoms with Crippen LogP contribution in [-0.4, -0.2) is 99.6 Å². The summed E-state index contributed by atoms with van der Waals surface area (Å²) in [7, 11) is 0. The third-order valence-corrected chi connectivity index (χ3v) is 11.3. The van der Waals surface area contributed by atoms with Crippen LogP contribution in [0.15, 0.2) is 29.7 Å². The zero-order chi connectivity index (χ0) is 33.1. The van der Waals surface area contributed by atoms with E-state index in [2.05, 4.69) is 24.9 Å². The number of anilines is 2. The molecule has 0 aliphatic carbocycles. The van der Waals surface area contributed by atoms with Crippen molar-refractivity contribution in [1.29, 1.82) is 0 Å². The molecular formula is C22H23F2N9O10P2S2. The second-order valence-corrected chi connectivity index (χ2v) is 16.7. The molecule has 0 aromatic carbocycles. The van der Waals surface area contributed by atoms with Crippen molar-refractivity contribution in [2.45, 2.75) is 48.4 Å². The van der Waals surface area contributed by atoms with E-state index in [4.69, 9.17) is 67.4 Å². The van der Waals surface area contributed by atoms with E-state index < -0.39 is 80.6 Å². The number of imidazole rings is 2. The Labute approximate surface area is 270 Å². The zero-order valence-electron chi connectivity index (χ0n) is 23.4. The van der Waals surface area contributed by atoms with Gasteiger partial charge in [-0.3, -0.25) is 28.0 Å². The Morgan fingerprint density at radius 3 is 2.47 bits per heavy atom. The van der Waals surface area contributed by atoms with E-state index in [1.165, 1.54) is 17.1 Å². The lowest BCUT2D eigenvalue weighted by molar-refractivity contribution is -0.183. The Bertz CT molecular complexity index is 2090. The lowest BCUT2D eigenvalue weighted by Crippen LogP contribution is -2.46. The molecule has 0 amide bonds. The fourth-order valence-electron chi connectivity index (χ4n) is 6.03. The summed E-state index contributed by atoms with van der Waals surface area (Å²) in [5.41, 5.74) is 9.98. The number of halogens is 2. The summed E-state index contributed by atoms with van der Waals surface area (Å²) >= 11 is 10.4. The molecule has 0 spiro atoms. The molecule has 47 heavy (non-hydrogen) atoms. The molecule has 0 radical (unpaired) electrons. The lowest BCUT2D eigenvalue weighted by Gasteiger charge is -2.33. The van der Waals surface area contributed by atoms with Crippen LogP contribution in [0.1, 0.15) is 12.5 Å². The number of alkyl halides is 2. The van der Waals surface area contributed by atoms with Gasteiger partial charge < -0.3 is 44.5 Å². The normalized spacial score (nSPS) is 38.6. The number of aromatic nitrogens is 7. The minimum atomic E-state index is -4.57. The number of nitrogens with two attached hydrogens (primary N) is 2. The Kier molecular flexibility index (Phi) is 7.19. The molecule has 4 fully saturated rings. The van der Waals surface area contributed by atoms with Gasteiger partial charge in [-0.15, -0.1) is 0 Å². The van der Waals surface area contributed by atoms with Crippen LogP contribution in [0.3, 0.4) is 0 Å². The topological polar surface area (TPSA) is 251 Å². The summed E-state index contributed by atoms with van der Waals surface area (Å²) in [5.74, 6) is -4.28. The maximum absolute atomic E-state index is 16.0. The van der Waals surface area contributed by atoms with Crippen molar-refractivity contribution in [2.75, 3.05) is 31.3 Å². The van der Waals surface area contributed by atoms with Crippen molar-refractivity contribution in [3.05, 3.63) is 35.3 Å². The number of nitrogens with zero attached hydrogens (tertiary/aromatic N) is 6. The van der Waals surface area contributed by atoms with Crippen LogP contribution in [0.5, 0.6) is 0 Å². The van der Waals surface area contributed by atoms with Crippen LogP contribution in [0.25, 0.3) is 22.3 Å². The first-order valence-electron chi connectivity index (χ1n) is 13.6. The standard InChI is InChI=1S/C22H23F2N9O10P2S2/c23-22(24)9-3-38-44(35,46)42-13-12-18(32-6-28-10-8(25)1-2-27-15(10)32)41-21(13,4-37-12)5-39-45(36,47)43-14(22)19(40-9)33-7-29-11-16(33)30-20(26)31-17(11)34/h1-2,6-7,9,12-14,18-19H,3-5H2,(H2,25,27)(H,35,46)(H,36,47)(H3,26,30,31,34)/t9-,12-,13+,14+,18-,19-,21?,44?,45?/m1/s1. The van der Waals surface area contributed by atoms with Gasteiger partial charge in [0.1, 0.15) is 23.3 Å². The number of pyridine rings is 1. The van der Waals surface area contributed by atoms with E-state index >= 15 is 8.78 Å². The summed E-state index contributed by atoms with van der Waals surface area (Å²) in [5, 5.41) is 0. The van der Waals surface area contributed by atoms with Crippen molar-refractivity contribution in [1.82, 2.24) is 34.1 Å². The Balaban J connectivity index is 1.16. The second-order valence-electron chi connectivity index (χ2n) is 11.1. The molecule has 4 aromatic rings. The maximum atomic E-state index is 16.0. The molecule has 19 nitrogen and oxygen atoms in total. The van der Waals surface area contributed by atoms with Gasteiger partial charge in [0, 0.05) is 6.20 Å². The third kappa shape index (κ3) is 5.04. The molecule has 7 N–H and O–H groups in total. The SMILES string of the molecule is Nc1nc2c(ncn2[C@@H]2O[C@@H]3COP(O)(=S)O[C@H]4[C@H]5OCC4(COP(O)(=S)O[C@@H]2C3(F)F)O[C@H]5n2cnc3c(N)ccnc32)c(=O)[nH]1. The van der Waals surface area contributed by atoms with Gasteiger partial charge in [0.15, 0.2) is 41.5 Å². The predicted molar refractivity (Wildman–Crippen MR) is 161 cm³/mol. The molecule has 9 atom stereocenters. The molecule has 4 aliphatic rings. The van der Waals surface area contributed by atoms with Gasteiger partial charge in [0.05, 0.1) is 38.2 Å². The van der Waals surface area contributed by atoms with E-state index in [0.29, 0.717) is 16.9 Å². The Morgan fingerprint density at radius 1 is 0.979 bits per heavy atom. The summed E-state index contributed by atoms with van der Waals surface area (Å²) in [6.07, 6.45) is -5.57. The first-order chi connectivity index (χ1) is 22.2. The molecule has 8 heterocycles. The Morgan fingerprint density at radius 2 is 1.68 bits per heavy atom. The highest BCUT2D eigenvalue weighted by Gasteiger charge is 2.67. The van der Waals surface area contributed by atoms with Crippen LogP contribution in [0.4, 0.5) is 20.4 Å². The molecule has 252 valence electrons. The smallest absolute Gasteiger partial charge is 0.325 e. The number of fused-ring (bicyclic) bond motifs is 4. The highest BCUT2D eigenvalue weighted by Crippen LogP contribution is 2.60. The number of nitrogen functional groups attached to an aromatic ring is 2. The van der Waals surface area contributed by atoms with E-state index in [9.17, 15) is 14.6 Å². The predicted octanol–water partition coefficient (Wildman–Crippen LogP) is 0.179. The molecule has 0 saturated carbocycles. The van der Waals surface area contributed by atoms with Crippen molar-refractivity contribution < 1.29 is 50.9 Å². The Hall–Kier alpha value is -2.63. The average molecular weight is 738 g/mol. The molecular weight excluding hydrogens is 714 g/mol. The van der Waals surface area contributed by atoms with Crippen molar-refractivity contribution in [3.8, 4) is 0 Å². The number of aromatic amines is 1. The largest absolute Gasteiger partial charge is 0.397 e. The molecule has 4 aromatic heterocycles. The van der Waals surface area contributed by atoms with Gasteiger partial charge in [-0.1, -0.05) is 0 Å². The number of rotatable bonds is 2. The van der Waals surface area contributed by atoms with Crippen LogP contribution < -0.4 is 17.0 Å². The quantitative estimate of drug-likeness (QED) is 0.172. The molecule has 3 unspecified atom stereocenters. The van der Waals surface area contributed by atoms with Crippen LogP contribution in [-0.2, 0) is 55.9 Å². The maximum Gasteiger partial charge on any atom is 0.325 e. The summed E-state index contributed by atoms with van der Waals surface area (Å²) in [6.45, 7) is -10.7. The minimum absolute atomic E-state index is 0.206. The number of hydrogen-bond acceptors (Lipinski definition) is 16. The van der Waals surface area contributed by atoms with Gasteiger partial charge in [-0.2, -0.15) is 4.98 Å². The third-order valence-electron chi connectivity index (χ3n) is 8.19. The first kappa shape index (κ1) is 31.6. The van der Waals surface area contributed by atoms with Gasteiger partial charge in [-0.25, -0.2) is 23.7 Å². The van der Waals surface area contributed by atoms with E-state index in [1.807, 2.05) is 0 Å². The van der Waals surface area contributed by atoms with Crippen LogP contribution in [0, 0.1) is 0 Å².